The molecule has 0 bridgehead atoms. The molecule has 0 saturated carbocycles. The molecule has 0 unspecified atom stereocenters. The Morgan fingerprint density at radius 3 is 2.62 bits per heavy atom. The van der Waals surface area contributed by atoms with Gasteiger partial charge in [0.25, 0.3) is 5.91 Å². The molecule has 0 aliphatic heterocycles. The van der Waals surface area contributed by atoms with E-state index in [2.05, 4.69) is 15.3 Å². The molecule has 6 nitrogen and oxygen atoms in total. The minimum atomic E-state index is -0.230. The summed E-state index contributed by atoms with van der Waals surface area (Å²) in [5, 5.41) is 12.1. The van der Waals surface area contributed by atoms with Crippen LogP contribution in [0.5, 0.6) is 11.6 Å². The SMILES string of the molecule is COc1ccc(-c2cccc(C(=O)NCCc3ccc(O)cc3)n2)cn1. The molecule has 2 heterocycles. The minimum Gasteiger partial charge on any atom is -0.508 e. The first-order valence-electron chi connectivity index (χ1n) is 8.19. The predicted molar refractivity (Wildman–Crippen MR) is 98.2 cm³/mol. The Morgan fingerprint density at radius 1 is 1.12 bits per heavy atom. The molecule has 1 aromatic carbocycles. The summed E-state index contributed by atoms with van der Waals surface area (Å²) in [6, 6.07) is 15.8. The van der Waals surface area contributed by atoms with Crippen molar-refractivity contribution < 1.29 is 14.6 Å². The lowest BCUT2D eigenvalue weighted by Gasteiger charge is -2.07. The van der Waals surface area contributed by atoms with E-state index < -0.39 is 0 Å². The maximum Gasteiger partial charge on any atom is 0.269 e. The lowest BCUT2D eigenvalue weighted by Crippen LogP contribution is -2.26. The summed E-state index contributed by atoms with van der Waals surface area (Å²) >= 11 is 0. The molecule has 3 rings (SSSR count). The van der Waals surface area contributed by atoms with Gasteiger partial charge < -0.3 is 15.2 Å². The monoisotopic (exact) mass is 349 g/mol. The van der Waals surface area contributed by atoms with Crippen molar-refractivity contribution in [2.24, 2.45) is 0 Å². The lowest BCUT2D eigenvalue weighted by molar-refractivity contribution is 0.0949. The second-order valence-corrected chi connectivity index (χ2v) is 5.67. The molecular weight excluding hydrogens is 330 g/mol. The highest BCUT2D eigenvalue weighted by molar-refractivity contribution is 5.92. The van der Waals surface area contributed by atoms with Crippen LogP contribution < -0.4 is 10.1 Å². The lowest BCUT2D eigenvalue weighted by atomic mass is 10.1. The van der Waals surface area contributed by atoms with E-state index in [0.29, 0.717) is 30.2 Å². The standard InChI is InChI=1S/C20H19N3O3/c1-26-19-10-7-15(13-22-19)17-3-2-4-18(23-17)20(25)21-12-11-14-5-8-16(24)9-6-14/h2-10,13,24H,11-12H2,1H3,(H,21,25). The zero-order chi connectivity index (χ0) is 18.4. The van der Waals surface area contributed by atoms with Crippen molar-refractivity contribution in [2.45, 2.75) is 6.42 Å². The summed E-state index contributed by atoms with van der Waals surface area (Å²) in [6.45, 7) is 0.486. The number of phenolic OH excluding ortho intramolecular Hbond substituents is 1. The Bertz CT molecular complexity index is 878. The van der Waals surface area contributed by atoms with Gasteiger partial charge in [0.15, 0.2) is 0 Å². The molecule has 3 aromatic rings. The number of phenols is 1. The minimum absolute atomic E-state index is 0.229. The van der Waals surface area contributed by atoms with Gasteiger partial charge in [0.2, 0.25) is 5.88 Å². The van der Waals surface area contributed by atoms with Crippen LogP contribution in [-0.4, -0.2) is 34.6 Å². The van der Waals surface area contributed by atoms with Crippen molar-refractivity contribution >= 4 is 5.91 Å². The zero-order valence-electron chi connectivity index (χ0n) is 14.3. The van der Waals surface area contributed by atoms with Crippen molar-refractivity contribution in [3.63, 3.8) is 0 Å². The number of methoxy groups -OCH3 is 1. The summed E-state index contributed by atoms with van der Waals surface area (Å²) in [4.78, 5) is 20.9. The molecule has 2 aromatic heterocycles. The van der Waals surface area contributed by atoms with Crippen LogP contribution in [0.3, 0.4) is 0 Å². The number of amides is 1. The van der Waals surface area contributed by atoms with Crippen LogP contribution in [0.2, 0.25) is 0 Å². The smallest absolute Gasteiger partial charge is 0.269 e. The molecule has 0 aliphatic carbocycles. The number of pyridine rings is 2. The third-order valence-electron chi connectivity index (χ3n) is 3.86. The first kappa shape index (κ1) is 17.4. The Labute approximate surface area is 151 Å². The summed E-state index contributed by atoms with van der Waals surface area (Å²) in [5.41, 5.74) is 2.87. The number of aromatic nitrogens is 2. The number of ether oxygens (including phenoxy) is 1. The van der Waals surface area contributed by atoms with Crippen molar-refractivity contribution in [2.75, 3.05) is 13.7 Å². The van der Waals surface area contributed by atoms with Gasteiger partial charge in [-0.1, -0.05) is 18.2 Å². The topological polar surface area (TPSA) is 84.3 Å². The highest BCUT2D eigenvalue weighted by Gasteiger charge is 2.09. The average molecular weight is 349 g/mol. The molecule has 26 heavy (non-hydrogen) atoms. The first-order chi connectivity index (χ1) is 12.7. The van der Waals surface area contributed by atoms with Gasteiger partial charge in [-0.05, 0) is 42.3 Å². The Balaban J connectivity index is 1.63. The van der Waals surface area contributed by atoms with Crippen molar-refractivity contribution in [1.82, 2.24) is 15.3 Å². The van der Waals surface area contributed by atoms with Crippen LogP contribution in [0.4, 0.5) is 0 Å². The van der Waals surface area contributed by atoms with Crippen LogP contribution in [0.1, 0.15) is 16.1 Å². The van der Waals surface area contributed by atoms with Gasteiger partial charge in [-0.25, -0.2) is 9.97 Å². The summed E-state index contributed by atoms with van der Waals surface area (Å²) in [6.07, 6.45) is 2.34. The summed E-state index contributed by atoms with van der Waals surface area (Å²) in [5.74, 6) is 0.524. The first-order valence-corrected chi connectivity index (χ1v) is 8.19. The summed E-state index contributed by atoms with van der Waals surface area (Å²) in [7, 11) is 1.56. The van der Waals surface area contributed by atoms with Gasteiger partial charge >= 0.3 is 0 Å². The van der Waals surface area contributed by atoms with Gasteiger partial charge in [0, 0.05) is 24.4 Å². The Kier molecular flexibility index (Phi) is 5.43. The van der Waals surface area contributed by atoms with E-state index in [9.17, 15) is 9.90 Å². The van der Waals surface area contributed by atoms with E-state index in [4.69, 9.17) is 4.74 Å². The van der Waals surface area contributed by atoms with Crippen LogP contribution in [0.25, 0.3) is 11.3 Å². The second kappa shape index (κ2) is 8.11. The zero-order valence-corrected chi connectivity index (χ0v) is 14.3. The number of hydrogen-bond acceptors (Lipinski definition) is 5. The quantitative estimate of drug-likeness (QED) is 0.715. The third kappa shape index (κ3) is 4.36. The van der Waals surface area contributed by atoms with Crippen LogP contribution in [0.15, 0.2) is 60.8 Å². The van der Waals surface area contributed by atoms with Gasteiger partial charge in [0.1, 0.15) is 11.4 Å². The van der Waals surface area contributed by atoms with Gasteiger partial charge in [-0.15, -0.1) is 0 Å². The van der Waals surface area contributed by atoms with Crippen LogP contribution >= 0.6 is 0 Å². The summed E-state index contributed by atoms with van der Waals surface area (Å²) < 4.78 is 5.04. The number of nitrogens with one attached hydrogen (secondary N) is 1. The maximum atomic E-state index is 12.3. The van der Waals surface area contributed by atoms with Crippen LogP contribution in [0, 0.1) is 0 Å². The van der Waals surface area contributed by atoms with E-state index in [0.717, 1.165) is 11.1 Å². The van der Waals surface area contributed by atoms with E-state index in [1.165, 1.54) is 0 Å². The number of aromatic hydroxyl groups is 1. The number of rotatable bonds is 6. The second-order valence-electron chi connectivity index (χ2n) is 5.67. The number of hydrogen-bond donors (Lipinski definition) is 2. The molecule has 0 atom stereocenters. The molecule has 0 saturated heterocycles. The Hall–Kier alpha value is -3.41. The number of carbonyl (C=O) groups is 1. The van der Waals surface area contributed by atoms with Crippen LogP contribution in [-0.2, 0) is 6.42 Å². The van der Waals surface area contributed by atoms with E-state index >= 15 is 0 Å². The Morgan fingerprint density at radius 2 is 1.92 bits per heavy atom. The molecule has 0 aliphatic rings. The van der Waals surface area contributed by atoms with E-state index in [1.807, 2.05) is 24.3 Å². The molecule has 1 amide bonds. The predicted octanol–water partition coefficient (Wildman–Crippen LogP) is 2.83. The fraction of sp³-hybridized carbons (Fsp3) is 0.150. The highest BCUT2D eigenvalue weighted by Crippen LogP contribution is 2.18. The molecule has 2 N–H and O–H groups in total. The molecule has 132 valence electrons. The van der Waals surface area contributed by atoms with Crippen molar-refractivity contribution in [3.8, 4) is 22.9 Å². The fourth-order valence-corrected chi connectivity index (χ4v) is 2.45. The average Bonchev–Trinajstić information content (AvgIpc) is 2.69. The molecule has 0 radical (unpaired) electrons. The fourth-order valence-electron chi connectivity index (χ4n) is 2.45. The largest absolute Gasteiger partial charge is 0.508 e. The van der Waals surface area contributed by atoms with Gasteiger partial charge in [0.05, 0.1) is 12.8 Å². The van der Waals surface area contributed by atoms with Crippen molar-refractivity contribution in [3.05, 3.63) is 72.1 Å². The van der Waals surface area contributed by atoms with Crippen molar-refractivity contribution in [1.29, 1.82) is 0 Å². The maximum absolute atomic E-state index is 12.3. The number of benzene rings is 1. The highest BCUT2D eigenvalue weighted by atomic mass is 16.5. The third-order valence-corrected chi connectivity index (χ3v) is 3.86. The van der Waals surface area contributed by atoms with E-state index in [1.54, 1.807) is 43.6 Å². The molecule has 6 heteroatoms. The van der Waals surface area contributed by atoms with E-state index in [-0.39, 0.29) is 11.7 Å². The van der Waals surface area contributed by atoms with Gasteiger partial charge in [-0.2, -0.15) is 0 Å². The molecule has 0 spiro atoms. The number of nitrogens with zero attached hydrogens (tertiary/aromatic N) is 2. The molecular formula is C20H19N3O3. The normalized spacial score (nSPS) is 10.3. The van der Waals surface area contributed by atoms with Gasteiger partial charge in [-0.3, -0.25) is 4.79 Å². The molecule has 0 fully saturated rings. The number of carbonyl (C=O) groups excluding carboxylic acids is 1.